The molecule has 3 aromatic rings. The van der Waals surface area contributed by atoms with Crippen molar-refractivity contribution in [1.29, 1.82) is 5.26 Å². The fourth-order valence-corrected chi connectivity index (χ4v) is 5.19. The molecule has 0 radical (unpaired) electrons. The maximum Gasteiger partial charge on any atom is 0.416 e. The quantitative estimate of drug-likeness (QED) is 0.594. The molecule has 0 bridgehead atoms. The number of alkyl halides is 3. The molecule has 1 aromatic heterocycles. The number of piperazine rings is 1. The molecule has 9 heteroatoms. The fourth-order valence-electron chi connectivity index (χ4n) is 5.19. The number of halogens is 3. The molecule has 184 valence electrons. The summed E-state index contributed by atoms with van der Waals surface area (Å²) in [6.07, 6.45) is -0.939. The molecule has 5 rings (SSSR count). The number of para-hydroxylation sites is 1. The number of hydrogen-bond donors (Lipinski definition) is 1. The van der Waals surface area contributed by atoms with Gasteiger partial charge in [0.15, 0.2) is 0 Å². The molecule has 0 saturated carbocycles. The first-order valence-corrected chi connectivity index (χ1v) is 11.7. The number of carbonyl (C=O) groups excluding carboxylic acids is 1. The van der Waals surface area contributed by atoms with Crippen molar-refractivity contribution in [3.8, 4) is 6.07 Å². The van der Waals surface area contributed by atoms with Gasteiger partial charge in [0.05, 0.1) is 28.8 Å². The smallest absolute Gasteiger partial charge is 0.367 e. The van der Waals surface area contributed by atoms with Gasteiger partial charge in [-0.05, 0) is 53.9 Å². The summed E-state index contributed by atoms with van der Waals surface area (Å²) < 4.78 is 40.3. The van der Waals surface area contributed by atoms with Crippen molar-refractivity contribution >= 4 is 17.3 Å². The Morgan fingerprint density at radius 1 is 1.11 bits per heavy atom. The molecule has 3 heterocycles. The summed E-state index contributed by atoms with van der Waals surface area (Å²) in [6.45, 7) is 1.87. The Kier molecular flexibility index (Phi) is 6.27. The highest BCUT2D eigenvalue weighted by atomic mass is 19.4. The summed E-state index contributed by atoms with van der Waals surface area (Å²) in [6, 6.07) is 16.7. The molecule has 2 aromatic carbocycles. The summed E-state index contributed by atoms with van der Waals surface area (Å²) in [4.78, 5) is 21.6. The third-order valence-electron chi connectivity index (χ3n) is 6.93. The fraction of sp³-hybridized carbons (Fsp3) is 0.296. The molecule has 1 saturated heterocycles. The molecule has 0 unspecified atom stereocenters. The van der Waals surface area contributed by atoms with Crippen molar-refractivity contribution < 1.29 is 18.0 Å². The lowest BCUT2D eigenvalue weighted by molar-refractivity contribution is -0.137. The minimum absolute atomic E-state index is 0.201. The van der Waals surface area contributed by atoms with Gasteiger partial charge < -0.3 is 15.1 Å². The predicted molar refractivity (Wildman–Crippen MR) is 129 cm³/mol. The SMILES string of the molecule is N#Cc1ccccc1N1CCN2c3ccc(C(F)(F)F)cc3C[C@H](C(=O)NCc3cccnc3)[C@H]2C1. The Bertz CT molecular complexity index is 1300. The zero-order chi connectivity index (χ0) is 25.3. The summed E-state index contributed by atoms with van der Waals surface area (Å²) in [5.74, 6) is -0.776. The van der Waals surface area contributed by atoms with E-state index in [4.69, 9.17) is 0 Å². The summed E-state index contributed by atoms with van der Waals surface area (Å²) in [5, 5.41) is 12.5. The van der Waals surface area contributed by atoms with Crippen LogP contribution in [-0.2, 0) is 23.9 Å². The number of nitrogens with zero attached hydrogens (tertiary/aromatic N) is 4. The van der Waals surface area contributed by atoms with Crippen LogP contribution >= 0.6 is 0 Å². The topological polar surface area (TPSA) is 72.3 Å². The van der Waals surface area contributed by atoms with Crippen LogP contribution < -0.4 is 15.1 Å². The zero-order valence-corrected chi connectivity index (χ0v) is 19.4. The van der Waals surface area contributed by atoms with Gasteiger partial charge in [-0.25, -0.2) is 0 Å². The van der Waals surface area contributed by atoms with E-state index in [1.54, 1.807) is 24.5 Å². The summed E-state index contributed by atoms with van der Waals surface area (Å²) in [7, 11) is 0. The van der Waals surface area contributed by atoms with Crippen LogP contribution in [0.2, 0.25) is 0 Å². The molecular weight excluding hydrogens is 467 g/mol. The van der Waals surface area contributed by atoms with Gasteiger partial charge in [-0.2, -0.15) is 18.4 Å². The number of rotatable bonds is 4. The molecule has 2 atom stereocenters. The Morgan fingerprint density at radius 3 is 2.69 bits per heavy atom. The Balaban J connectivity index is 1.46. The van der Waals surface area contributed by atoms with Crippen LogP contribution in [0.3, 0.4) is 0 Å². The zero-order valence-electron chi connectivity index (χ0n) is 19.4. The number of amides is 1. The molecule has 0 aliphatic carbocycles. The number of anilines is 2. The highest BCUT2D eigenvalue weighted by molar-refractivity contribution is 5.82. The van der Waals surface area contributed by atoms with Gasteiger partial charge in [-0.15, -0.1) is 0 Å². The molecular formula is C27H24F3N5O. The number of pyridine rings is 1. The maximum absolute atomic E-state index is 13.4. The first-order valence-electron chi connectivity index (χ1n) is 11.7. The Hall–Kier alpha value is -4.06. The summed E-state index contributed by atoms with van der Waals surface area (Å²) >= 11 is 0. The lowest BCUT2D eigenvalue weighted by Crippen LogP contribution is -2.61. The average molecular weight is 492 g/mol. The highest BCUT2D eigenvalue weighted by Gasteiger charge is 2.43. The second-order valence-corrected chi connectivity index (χ2v) is 9.07. The number of hydrogen-bond acceptors (Lipinski definition) is 5. The van der Waals surface area contributed by atoms with Crippen molar-refractivity contribution in [2.75, 3.05) is 29.4 Å². The molecule has 2 aliphatic heterocycles. The predicted octanol–water partition coefficient (Wildman–Crippen LogP) is 4.16. The van der Waals surface area contributed by atoms with Crippen LogP contribution in [0.15, 0.2) is 67.0 Å². The normalized spacial score (nSPS) is 19.2. The number of aromatic nitrogens is 1. The lowest BCUT2D eigenvalue weighted by atomic mass is 9.82. The van der Waals surface area contributed by atoms with Gasteiger partial charge >= 0.3 is 6.18 Å². The molecule has 1 N–H and O–H groups in total. The van der Waals surface area contributed by atoms with Crippen molar-refractivity contribution in [2.24, 2.45) is 5.92 Å². The van der Waals surface area contributed by atoms with Crippen molar-refractivity contribution in [3.63, 3.8) is 0 Å². The standard InChI is InChI=1S/C27H24F3N5O/c28-27(29,30)21-7-8-24-20(12-21)13-22(26(36)33-16-18-4-3-9-32-15-18)25-17-34(10-11-35(24)25)23-6-2-1-5-19(23)14-31/h1-9,12,15,22,25H,10-11,13,16-17H2,(H,33,36)/t22-,25+/m0/s1. The molecule has 1 amide bonds. The van der Waals surface area contributed by atoms with E-state index in [2.05, 4.69) is 26.2 Å². The monoisotopic (exact) mass is 491 g/mol. The largest absolute Gasteiger partial charge is 0.416 e. The second kappa shape index (κ2) is 9.53. The third kappa shape index (κ3) is 4.59. The van der Waals surface area contributed by atoms with E-state index in [9.17, 15) is 23.2 Å². The average Bonchev–Trinajstić information content (AvgIpc) is 2.90. The van der Waals surface area contributed by atoms with E-state index in [1.165, 1.54) is 12.1 Å². The first-order chi connectivity index (χ1) is 17.3. The third-order valence-corrected chi connectivity index (χ3v) is 6.93. The Labute approximate surface area is 207 Å². The Morgan fingerprint density at radius 2 is 1.94 bits per heavy atom. The van der Waals surface area contributed by atoms with E-state index in [0.29, 0.717) is 30.8 Å². The molecule has 2 aliphatic rings. The van der Waals surface area contributed by atoms with Crippen LogP contribution in [0.1, 0.15) is 22.3 Å². The number of carbonyl (C=O) groups is 1. The van der Waals surface area contributed by atoms with Crippen molar-refractivity contribution in [2.45, 2.75) is 25.2 Å². The highest BCUT2D eigenvalue weighted by Crippen LogP contribution is 2.40. The molecule has 6 nitrogen and oxygen atoms in total. The second-order valence-electron chi connectivity index (χ2n) is 9.07. The van der Waals surface area contributed by atoms with Gasteiger partial charge in [0.1, 0.15) is 6.07 Å². The number of nitrogens with one attached hydrogen (secondary N) is 1. The van der Waals surface area contributed by atoms with Gasteiger partial charge in [-0.3, -0.25) is 9.78 Å². The first kappa shape index (κ1) is 23.7. The number of benzene rings is 2. The van der Waals surface area contributed by atoms with E-state index < -0.39 is 17.7 Å². The van der Waals surface area contributed by atoms with Crippen LogP contribution in [0.25, 0.3) is 0 Å². The van der Waals surface area contributed by atoms with Gasteiger partial charge in [0.2, 0.25) is 5.91 Å². The number of nitriles is 1. The lowest BCUT2D eigenvalue weighted by Gasteiger charge is -2.49. The molecule has 36 heavy (non-hydrogen) atoms. The van der Waals surface area contributed by atoms with Crippen LogP contribution in [0.4, 0.5) is 24.5 Å². The molecule has 1 fully saturated rings. The van der Waals surface area contributed by atoms with Gasteiger partial charge in [0.25, 0.3) is 0 Å². The van der Waals surface area contributed by atoms with E-state index in [-0.39, 0.29) is 24.9 Å². The summed E-state index contributed by atoms with van der Waals surface area (Å²) in [5.41, 5.74) is 2.73. The van der Waals surface area contributed by atoms with Crippen molar-refractivity contribution in [3.05, 3.63) is 89.2 Å². The molecule has 0 spiro atoms. The van der Waals surface area contributed by atoms with Gasteiger partial charge in [-0.1, -0.05) is 18.2 Å². The van der Waals surface area contributed by atoms with Crippen molar-refractivity contribution in [1.82, 2.24) is 10.3 Å². The maximum atomic E-state index is 13.4. The minimum atomic E-state index is -4.45. The van der Waals surface area contributed by atoms with E-state index in [1.807, 2.05) is 24.3 Å². The van der Waals surface area contributed by atoms with Crippen LogP contribution in [0, 0.1) is 17.2 Å². The van der Waals surface area contributed by atoms with E-state index in [0.717, 1.165) is 23.0 Å². The van der Waals surface area contributed by atoms with Gasteiger partial charge in [0, 0.05) is 44.3 Å². The van der Waals surface area contributed by atoms with Crippen LogP contribution in [-0.4, -0.2) is 36.6 Å². The number of fused-ring (bicyclic) bond motifs is 3. The van der Waals surface area contributed by atoms with Crippen LogP contribution in [0.5, 0.6) is 0 Å². The minimum Gasteiger partial charge on any atom is -0.367 e. The van der Waals surface area contributed by atoms with E-state index >= 15 is 0 Å².